The first kappa shape index (κ1) is 18.3. The van der Waals surface area contributed by atoms with Gasteiger partial charge >= 0.3 is 0 Å². The van der Waals surface area contributed by atoms with Gasteiger partial charge in [0.25, 0.3) is 11.2 Å². The number of nitrogens with zero attached hydrogens (tertiary/aromatic N) is 4. The maximum atomic E-state index is 13.3. The van der Waals surface area contributed by atoms with Crippen molar-refractivity contribution in [1.82, 2.24) is 19.8 Å². The standard InChI is InChI=1S/C20H21N5O3/c26-20-17-13-16(25(27)28)7-8-18(17)22-19(14-23-11-4-9-21-10-12-23)24(20)15-5-2-1-3-6-15/h1-3,5-8,13,21H,4,9-12,14H2. The fourth-order valence-electron chi connectivity index (χ4n) is 3.54. The van der Waals surface area contributed by atoms with Crippen molar-refractivity contribution >= 4 is 16.6 Å². The summed E-state index contributed by atoms with van der Waals surface area (Å²) < 4.78 is 1.57. The fraction of sp³-hybridized carbons (Fsp3) is 0.300. The highest BCUT2D eigenvalue weighted by Crippen LogP contribution is 2.19. The lowest BCUT2D eigenvalue weighted by Gasteiger charge is -2.21. The van der Waals surface area contributed by atoms with Crippen molar-refractivity contribution in [3.05, 3.63) is 74.8 Å². The first-order valence-electron chi connectivity index (χ1n) is 9.32. The largest absolute Gasteiger partial charge is 0.315 e. The van der Waals surface area contributed by atoms with E-state index >= 15 is 0 Å². The van der Waals surface area contributed by atoms with Gasteiger partial charge in [0.05, 0.1) is 28.1 Å². The molecule has 0 aliphatic carbocycles. The maximum Gasteiger partial charge on any atom is 0.270 e. The molecule has 0 unspecified atom stereocenters. The zero-order valence-electron chi connectivity index (χ0n) is 15.4. The minimum absolute atomic E-state index is 0.114. The molecule has 8 nitrogen and oxygen atoms in total. The molecule has 4 rings (SSSR count). The SMILES string of the molecule is O=c1c2cc([N+](=O)[O-])ccc2nc(CN2CCCNCC2)n1-c1ccccc1. The molecule has 1 aromatic heterocycles. The van der Waals surface area contributed by atoms with Crippen molar-refractivity contribution in [2.45, 2.75) is 13.0 Å². The van der Waals surface area contributed by atoms with Crippen molar-refractivity contribution in [3.63, 3.8) is 0 Å². The maximum absolute atomic E-state index is 13.3. The smallest absolute Gasteiger partial charge is 0.270 e. The second-order valence-electron chi connectivity index (χ2n) is 6.84. The Morgan fingerprint density at radius 3 is 2.71 bits per heavy atom. The number of aromatic nitrogens is 2. The minimum atomic E-state index is -0.496. The number of para-hydroxylation sites is 1. The number of fused-ring (bicyclic) bond motifs is 1. The van der Waals surface area contributed by atoms with Crippen LogP contribution in [0.4, 0.5) is 5.69 Å². The number of benzene rings is 2. The molecule has 1 aliphatic rings. The summed E-state index contributed by atoms with van der Waals surface area (Å²) in [6, 6.07) is 13.5. The molecule has 1 saturated heterocycles. The van der Waals surface area contributed by atoms with Crippen LogP contribution in [0.5, 0.6) is 0 Å². The Labute approximate surface area is 161 Å². The number of nitro benzene ring substituents is 1. The van der Waals surface area contributed by atoms with Crippen molar-refractivity contribution in [3.8, 4) is 5.69 Å². The number of nitro groups is 1. The Kier molecular flexibility index (Phi) is 5.14. The van der Waals surface area contributed by atoms with Gasteiger partial charge in [-0.25, -0.2) is 4.98 Å². The van der Waals surface area contributed by atoms with E-state index in [0.29, 0.717) is 23.6 Å². The van der Waals surface area contributed by atoms with Gasteiger partial charge < -0.3 is 5.32 Å². The molecule has 0 spiro atoms. The summed E-state index contributed by atoms with van der Waals surface area (Å²) in [6.07, 6.45) is 1.04. The van der Waals surface area contributed by atoms with Crippen LogP contribution in [-0.2, 0) is 6.54 Å². The summed E-state index contributed by atoms with van der Waals surface area (Å²) in [6.45, 7) is 4.23. The number of nitrogens with one attached hydrogen (secondary N) is 1. The molecular formula is C20H21N5O3. The van der Waals surface area contributed by atoms with Gasteiger partial charge in [-0.1, -0.05) is 18.2 Å². The molecule has 1 N–H and O–H groups in total. The van der Waals surface area contributed by atoms with Gasteiger partial charge in [0.1, 0.15) is 5.82 Å². The highest BCUT2D eigenvalue weighted by atomic mass is 16.6. The highest BCUT2D eigenvalue weighted by molar-refractivity contribution is 5.80. The van der Waals surface area contributed by atoms with Gasteiger partial charge in [-0.15, -0.1) is 0 Å². The Morgan fingerprint density at radius 1 is 1.11 bits per heavy atom. The summed E-state index contributed by atoms with van der Waals surface area (Å²) in [7, 11) is 0. The lowest BCUT2D eigenvalue weighted by Crippen LogP contribution is -2.32. The molecule has 0 radical (unpaired) electrons. The topological polar surface area (TPSA) is 93.3 Å². The van der Waals surface area contributed by atoms with Crippen LogP contribution in [0.3, 0.4) is 0 Å². The van der Waals surface area contributed by atoms with E-state index in [9.17, 15) is 14.9 Å². The molecular weight excluding hydrogens is 358 g/mol. The predicted molar refractivity (Wildman–Crippen MR) is 107 cm³/mol. The first-order chi connectivity index (χ1) is 13.6. The second kappa shape index (κ2) is 7.87. The zero-order valence-corrected chi connectivity index (χ0v) is 15.4. The molecule has 144 valence electrons. The van der Waals surface area contributed by atoms with Crippen LogP contribution >= 0.6 is 0 Å². The molecule has 2 aromatic carbocycles. The van der Waals surface area contributed by atoms with E-state index in [-0.39, 0.29) is 16.6 Å². The monoisotopic (exact) mass is 379 g/mol. The summed E-state index contributed by atoms with van der Waals surface area (Å²) in [5, 5.41) is 14.8. The van der Waals surface area contributed by atoms with E-state index < -0.39 is 4.92 Å². The number of hydrogen-bond donors (Lipinski definition) is 1. The Bertz CT molecular complexity index is 1060. The highest BCUT2D eigenvalue weighted by Gasteiger charge is 2.18. The normalized spacial score (nSPS) is 15.4. The van der Waals surface area contributed by atoms with Crippen LogP contribution in [0, 0.1) is 10.1 Å². The number of hydrogen-bond acceptors (Lipinski definition) is 6. The average Bonchev–Trinajstić information content (AvgIpc) is 2.97. The van der Waals surface area contributed by atoms with E-state index in [4.69, 9.17) is 4.98 Å². The van der Waals surface area contributed by atoms with Crippen molar-refractivity contribution in [2.24, 2.45) is 0 Å². The Hall–Kier alpha value is -3.10. The van der Waals surface area contributed by atoms with E-state index in [1.807, 2.05) is 30.3 Å². The molecule has 0 amide bonds. The quantitative estimate of drug-likeness (QED) is 0.551. The third-order valence-corrected chi connectivity index (χ3v) is 4.94. The van der Waals surface area contributed by atoms with E-state index in [2.05, 4.69) is 10.2 Å². The molecule has 1 aliphatic heterocycles. The third kappa shape index (κ3) is 3.64. The molecule has 0 bridgehead atoms. The second-order valence-corrected chi connectivity index (χ2v) is 6.84. The van der Waals surface area contributed by atoms with Crippen LogP contribution < -0.4 is 10.9 Å². The predicted octanol–water partition coefficient (Wildman–Crippen LogP) is 2.09. The summed E-state index contributed by atoms with van der Waals surface area (Å²) in [5.74, 6) is 0.638. The van der Waals surface area contributed by atoms with E-state index in [1.165, 1.54) is 12.1 Å². The molecule has 0 atom stereocenters. The lowest BCUT2D eigenvalue weighted by molar-refractivity contribution is -0.384. The minimum Gasteiger partial charge on any atom is -0.315 e. The molecule has 0 saturated carbocycles. The van der Waals surface area contributed by atoms with Gasteiger partial charge in [0.15, 0.2) is 0 Å². The third-order valence-electron chi connectivity index (χ3n) is 4.94. The molecule has 1 fully saturated rings. The van der Waals surface area contributed by atoms with Crippen molar-refractivity contribution in [1.29, 1.82) is 0 Å². The van der Waals surface area contributed by atoms with Crippen molar-refractivity contribution < 1.29 is 4.92 Å². The van der Waals surface area contributed by atoms with Gasteiger partial charge in [-0.05, 0) is 37.7 Å². The molecule has 2 heterocycles. The number of non-ortho nitro benzene ring substituents is 1. The van der Waals surface area contributed by atoms with E-state index in [0.717, 1.165) is 32.6 Å². The summed E-state index contributed by atoms with van der Waals surface area (Å²) >= 11 is 0. The van der Waals surface area contributed by atoms with Gasteiger partial charge in [-0.3, -0.25) is 24.4 Å². The van der Waals surface area contributed by atoms with E-state index in [1.54, 1.807) is 10.6 Å². The van der Waals surface area contributed by atoms with Gasteiger partial charge in [0, 0.05) is 25.2 Å². The van der Waals surface area contributed by atoms with Crippen molar-refractivity contribution in [2.75, 3.05) is 26.2 Å². The number of rotatable bonds is 4. The summed E-state index contributed by atoms with van der Waals surface area (Å²) in [4.78, 5) is 30.9. The van der Waals surface area contributed by atoms with Crippen LogP contribution in [0.25, 0.3) is 16.6 Å². The molecule has 8 heteroatoms. The molecule has 28 heavy (non-hydrogen) atoms. The van der Waals surface area contributed by atoms with Gasteiger partial charge in [-0.2, -0.15) is 0 Å². The summed E-state index contributed by atoms with van der Waals surface area (Å²) in [5.41, 5.74) is 0.780. The average molecular weight is 379 g/mol. The van der Waals surface area contributed by atoms with Crippen LogP contribution in [-0.4, -0.2) is 45.6 Å². The van der Waals surface area contributed by atoms with Crippen LogP contribution in [0.15, 0.2) is 53.3 Å². The van der Waals surface area contributed by atoms with Crippen LogP contribution in [0.2, 0.25) is 0 Å². The van der Waals surface area contributed by atoms with Gasteiger partial charge in [0.2, 0.25) is 0 Å². The molecule has 3 aromatic rings. The Morgan fingerprint density at radius 2 is 1.93 bits per heavy atom. The first-order valence-corrected chi connectivity index (χ1v) is 9.32. The lowest BCUT2D eigenvalue weighted by atomic mass is 10.2. The Balaban J connectivity index is 1.88. The fourth-order valence-corrected chi connectivity index (χ4v) is 3.54. The van der Waals surface area contributed by atoms with Crippen LogP contribution in [0.1, 0.15) is 12.2 Å². The zero-order chi connectivity index (χ0) is 19.5.